The Hall–Kier alpha value is -1.29. The number of hydrogen-bond acceptors (Lipinski definition) is 2. The van der Waals surface area contributed by atoms with Gasteiger partial charge in [-0.2, -0.15) is 0 Å². The third kappa shape index (κ3) is 2.69. The van der Waals surface area contributed by atoms with E-state index in [0.717, 1.165) is 31.5 Å². The summed E-state index contributed by atoms with van der Waals surface area (Å²) < 4.78 is 26.8. The van der Waals surface area contributed by atoms with Gasteiger partial charge in [0.1, 0.15) is 11.6 Å². The molecule has 0 spiro atoms. The van der Waals surface area contributed by atoms with Crippen molar-refractivity contribution in [2.24, 2.45) is 0 Å². The molecule has 0 atom stereocenters. The van der Waals surface area contributed by atoms with Gasteiger partial charge in [0.25, 0.3) is 0 Å². The first-order valence-corrected chi connectivity index (χ1v) is 5.84. The Kier molecular flexibility index (Phi) is 3.52. The van der Waals surface area contributed by atoms with Gasteiger partial charge >= 0.3 is 0 Å². The molecular formula is C13H15F2NO. The van der Waals surface area contributed by atoms with E-state index in [4.69, 9.17) is 0 Å². The molecule has 0 amide bonds. The van der Waals surface area contributed by atoms with Crippen LogP contribution in [0, 0.1) is 11.6 Å². The molecule has 0 heterocycles. The Labute approximate surface area is 99.2 Å². The molecule has 2 rings (SSSR count). The minimum absolute atomic E-state index is 0.0962. The van der Waals surface area contributed by atoms with Crippen LogP contribution in [0.3, 0.4) is 0 Å². The topological polar surface area (TPSA) is 20.3 Å². The van der Waals surface area contributed by atoms with Gasteiger partial charge in [-0.25, -0.2) is 8.78 Å². The fourth-order valence-corrected chi connectivity index (χ4v) is 1.97. The summed E-state index contributed by atoms with van der Waals surface area (Å²) in [5.41, 5.74) is -0.411. The van der Waals surface area contributed by atoms with E-state index in [1.807, 2.05) is 11.8 Å². The van der Waals surface area contributed by atoms with Crippen molar-refractivity contribution in [2.45, 2.75) is 25.8 Å². The summed E-state index contributed by atoms with van der Waals surface area (Å²) >= 11 is 0. The number of benzene rings is 1. The molecule has 1 aliphatic rings. The van der Waals surface area contributed by atoms with Gasteiger partial charge in [-0.05, 0) is 31.5 Å². The van der Waals surface area contributed by atoms with Crippen LogP contribution in [-0.2, 0) is 0 Å². The van der Waals surface area contributed by atoms with Crippen LogP contribution in [0.5, 0.6) is 0 Å². The van der Waals surface area contributed by atoms with Gasteiger partial charge in [-0.1, -0.05) is 13.0 Å². The van der Waals surface area contributed by atoms with Gasteiger partial charge in [-0.3, -0.25) is 9.69 Å². The van der Waals surface area contributed by atoms with Crippen LogP contribution >= 0.6 is 0 Å². The van der Waals surface area contributed by atoms with Crippen molar-refractivity contribution in [1.29, 1.82) is 0 Å². The van der Waals surface area contributed by atoms with Crippen molar-refractivity contribution in [2.75, 3.05) is 13.1 Å². The molecule has 0 aliphatic heterocycles. The van der Waals surface area contributed by atoms with Crippen LogP contribution < -0.4 is 0 Å². The standard InChI is InChI=1S/C13H15F2NO/c1-2-16(9-6-7-9)8-12(17)13-10(14)4-3-5-11(13)15/h3-5,9H,2,6-8H2,1H3. The highest BCUT2D eigenvalue weighted by atomic mass is 19.1. The lowest BCUT2D eigenvalue weighted by atomic mass is 10.1. The quantitative estimate of drug-likeness (QED) is 0.736. The zero-order valence-corrected chi connectivity index (χ0v) is 9.75. The first-order chi connectivity index (χ1) is 8.13. The monoisotopic (exact) mass is 239 g/mol. The second-order valence-corrected chi connectivity index (χ2v) is 4.31. The fraction of sp³-hybridized carbons (Fsp3) is 0.462. The highest BCUT2D eigenvalue weighted by molar-refractivity contribution is 5.98. The highest BCUT2D eigenvalue weighted by Crippen LogP contribution is 2.26. The molecule has 1 aliphatic carbocycles. The van der Waals surface area contributed by atoms with Gasteiger partial charge in [-0.15, -0.1) is 0 Å². The summed E-state index contributed by atoms with van der Waals surface area (Å²) in [5, 5.41) is 0. The van der Waals surface area contributed by atoms with E-state index in [2.05, 4.69) is 0 Å². The van der Waals surface area contributed by atoms with Gasteiger partial charge in [0.15, 0.2) is 5.78 Å². The van der Waals surface area contributed by atoms with Gasteiger partial charge < -0.3 is 0 Å². The number of Topliss-reactive ketones (excluding diaryl/α,β-unsaturated/α-hetero) is 1. The molecule has 92 valence electrons. The normalized spacial score (nSPS) is 15.3. The minimum atomic E-state index is -0.776. The molecule has 0 aromatic heterocycles. The lowest BCUT2D eigenvalue weighted by Gasteiger charge is -2.18. The number of ketones is 1. The molecule has 2 nitrogen and oxygen atoms in total. The van der Waals surface area contributed by atoms with Crippen LogP contribution in [0.25, 0.3) is 0 Å². The number of hydrogen-bond donors (Lipinski definition) is 0. The van der Waals surface area contributed by atoms with E-state index in [1.54, 1.807) is 0 Å². The molecule has 1 aromatic carbocycles. The van der Waals surface area contributed by atoms with E-state index in [1.165, 1.54) is 6.07 Å². The van der Waals surface area contributed by atoms with Crippen LogP contribution in [0.15, 0.2) is 18.2 Å². The van der Waals surface area contributed by atoms with Crippen molar-refractivity contribution < 1.29 is 13.6 Å². The van der Waals surface area contributed by atoms with E-state index in [-0.39, 0.29) is 6.54 Å². The molecule has 17 heavy (non-hydrogen) atoms. The third-order valence-electron chi connectivity index (χ3n) is 3.06. The molecule has 1 aromatic rings. The van der Waals surface area contributed by atoms with Crippen molar-refractivity contribution in [3.8, 4) is 0 Å². The maximum atomic E-state index is 13.4. The number of rotatable bonds is 5. The van der Waals surface area contributed by atoms with E-state index in [0.29, 0.717) is 6.04 Å². The molecule has 0 unspecified atom stereocenters. The first-order valence-electron chi connectivity index (χ1n) is 5.84. The molecule has 0 radical (unpaired) electrons. The molecule has 1 saturated carbocycles. The van der Waals surface area contributed by atoms with Crippen molar-refractivity contribution >= 4 is 5.78 Å². The maximum Gasteiger partial charge on any atom is 0.182 e. The Bertz CT molecular complexity index is 409. The molecule has 1 fully saturated rings. The smallest absolute Gasteiger partial charge is 0.182 e. The van der Waals surface area contributed by atoms with Crippen molar-refractivity contribution in [1.82, 2.24) is 4.90 Å². The number of carbonyl (C=O) groups is 1. The summed E-state index contributed by atoms with van der Waals surface area (Å²) in [5.74, 6) is -2.03. The number of nitrogens with zero attached hydrogens (tertiary/aromatic N) is 1. The molecular weight excluding hydrogens is 224 g/mol. The average molecular weight is 239 g/mol. The summed E-state index contributed by atoms with van der Waals surface area (Å²) in [6.07, 6.45) is 2.14. The Morgan fingerprint density at radius 3 is 2.41 bits per heavy atom. The third-order valence-corrected chi connectivity index (χ3v) is 3.06. The lowest BCUT2D eigenvalue weighted by molar-refractivity contribution is 0.0920. The molecule has 0 saturated heterocycles. The van der Waals surface area contributed by atoms with Crippen molar-refractivity contribution in [3.05, 3.63) is 35.4 Å². The largest absolute Gasteiger partial charge is 0.293 e. The van der Waals surface area contributed by atoms with E-state index < -0.39 is 23.0 Å². The lowest BCUT2D eigenvalue weighted by Crippen LogP contribution is -2.32. The van der Waals surface area contributed by atoms with Crippen LogP contribution in [-0.4, -0.2) is 29.8 Å². The summed E-state index contributed by atoms with van der Waals surface area (Å²) in [6.45, 7) is 2.77. The zero-order chi connectivity index (χ0) is 12.4. The number of likely N-dealkylation sites (N-methyl/N-ethyl adjacent to an activating group) is 1. The van der Waals surface area contributed by atoms with E-state index in [9.17, 15) is 13.6 Å². The number of carbonyl (C=O) groups excluding carboxylic acids is 1. The summed E-state index contributed by atoms with van der Waals surface area (Å²) in [6, 6.07) is 3.91. The highest BCUT2D eigenvalue weighted by Gasteiger charge is 2.30. The van der Waals surface area contributed by atoms with Gasteiger partial charge in [0, 0.05) is 6.04 Å². The fourth-order valence-electron chi connectivity index (χ4n) is 1.97. The second kappa shape index (κ2) is 4.92. The summed E-state index contributed by atoms with van der Waals surface area (Å²) in [4.78, 5) is 13.8. The Morgan fingerprint density at radius 2 is 1.94 bits per heavy atom. The van der Waals surface area contributed by atoms with Crippen LogP contribution in [0.1, 0.15) is 30.1 Å². The van der Waals surface area contributed by atoms with Gasteiger partial charge in [0.05, 0.1) is 12.1 Å². The van der Waals surface area contributed by atoms with E-state index >= 15 is 0 Å². The van der Waals surface area contributed by atoms with Crippen LogP contribution in [0.4, 0.5) is 8.78 Å². The minimum Gasteiger partial charge on any atom is -0.293 e. The maximum absolute atomic E-state index is 13.4. The van der Waals surface area contributed by atoms with Crippen molar-refractivity contribution in [3.63, 3.8) is 0 Å². The predicted octanol–water partition coefficient (Wildman–Crippen LogP) is 2.63. The Morgan fingerprint density at radius 1 is 1.35 bits per heavy atom. The SMILES string of the molecule is CCN(CC(=O)c1c(F)cccc1F)C1CC1. The average Bonchev–Trinajstić information content (AvgIpc) is 3.09. The second-order valence-electron chi connectivity index (χ2n) is 4.31. The van der Waals surface area contributed by atoms with Gasteiger partial charge in [0.2, 0.25) is 0 Å². The Balaban J connectivity index is 2.13. The zero-order valence-electron chi connectivity index (χ0n) is 9.75. The molecule has 0 bridgehead atoms. The first kappa shape index (κ1) is 12.2. The number of halogens is 2. The predicted molar refractivity (Wildman–Crippen MR) is 61.0 cm³/mol. The molecule has 4 heteroatoms. The van der Waals surface area contributed by atoms with Crippen LogP contribution in [0.2, 0.25) is 0 Å². The summed E-state index contributed by atoms with van der Waals surface area (Å²) in [7, 11) is 0. The molecule has 0 N–H and O–H groups in total.